The second kappa shape index (κ2) is 7.70. The fraction of sp³-hybridized carbons (Fsp3) is 0.929. The third kappa shape index (κ3) is 5.07. The molecule has 3 nitrogen and oxygen atoms in total. The Labute approximate surface area is 106 Å². The van der Waals surface area contributed by atoms with Crippen LogP contribution in [-0.2, 0) is 4.79 Å². The zero-order chi connectivity index (χ0) is 12.7. The van der Waals surface area contributed by atoms with Crippen molar-refractivity contribution in [1.29, 1.82) is 0 Å². The highest BCUT2D eigenvalue weighted by Crippen LogP contribution is 2.29. The minimum absolute atomic E-state index is 0.0628. The summed E-state index contributed by atoms with van der Waals surface area (Å²) in [5.41, 5.74) is 0. The van der Waals surface area contributed by atoms with Gasteiger partial charge in [-0.15, -0.1) is 0 Å². The fourth-order valence-electron chi connectivity index (χ4n) is 2.29. The number of amides is 1. The Morgan fingerprint density at radius 2 is 2.00 bits per heavy atom. The van der Waals surface area contributed by atoms with Gasteiger partial charge in [0.05, 0.1) is 6.04 Å². The van der Waals surface area contributed by atoms with E-state index in [1.54, 1.807) is 0 Å². The van der Waals surface area contributed by atoms with Crippen molar-refractivity contribution in [3.8, 4) is 0 Å². The summed E-state index contributed by atoms with van der Waals surface area (Å²) in [5.74, 6) is 0.928. The van der Waals surface area contributed by atoms with E-state index in [0.717, 1.165) is 18.9 Å². The van der Waals surface area contributed by atoms with Crippen molar-refractivity contribution in [2.75, 3.05) is 6.54 Å². The molecule has 0 aromatic rings. The lowest BCUT2D eigenvalue weighted by atomic mass is 9.80. The molecule has 0 bridgehead atoms. The van der Waals surface area contributed by atoms with Crippen molar-refractivity contribution in [3.63, 3.8) is 0 Å². The maximum absolute atomic E-state index is 11.8. The molecule has 1 aliphatic carbocycles. The van der Waals surface area contributed by atoms with E-state index in [2.05, 4.69) is 24.5 Å². The molecule has 1 fully saturated rings. The largest absolute Gasteiger partial charge is 0.355 e. The van der Waals surface area contributed by atoms with Crippen LogP contribution in [0.2, 0.25) is 0 Å². The molecule has 1 aliphatic rings. The first-order valence-corrected chi connectivity index (χ1v) is 7.19. The number of carbonyl (C=O) groups is 1. The van der Waals surface area contributed by atoms with Crippen LogP contribution in [0.15, 0.2) is 0 Å². The SMILES string of the molecule is CCCCCNC(=O)C(C)NC(C)C1CCC1. The molecule has 100 valence electrons. The van der Waals surface area contributed by atoms with E-state index in [4.69, 9.17) is 0 Å². The first-order valence-electron chi connectivity index (χ1n) is 7.19. The molecule has 0 aliphatic heterocycles. The summed E-state index contributed by atoms with van der Waals surface area (Å²) in [5, 5.41) is 6.41. The smallest absolute Gasteiger partial charge is 0.236 e. The highest BCUT2D eigenvalue weighted by molar-refractivity contribution is 5.81. The number of rotatable bonds is 8. The van der Waals surface area contributed by atoms with E-state index in [0.29, 0.717) is 6.04 Å². The minimum atomic E-state index is -0.0628. The minimum Gasteiger partial charge on any atom is -0.355 e. The van der Waals surface area contributed by atoms with Crippen molar-refractivity contribution in [2.45, 2.75) is 71.4 Å². The Bertz CT molecular complexity index is 226. The van der Waals surface area contributed by atoms with E-state index in [-0.39, 0.29) is 11.9 Å². The number of unbranched alkanes of at least 4 members (excludes halogenated alkanes) is 2. The molecule has 0 spiro atoms. The standard InChI is InChI=1S/C14H28N2O/c1-4-5-6-10-15-14(17)12(3)16-11(2)13-8-7-9-13/h11-13,16H,4-10H2,1-3H3,(H,15,17). The third-order valence-corrected chi connectivity index (χ3v) is 3.84. The van der Waals surface area contributed by atoms with Gasteiger partial charge in [-0.2, -0.15) is 0 Å². The first kappa shape index (κ1) is 14.5. The van der Waals surface area contributed by atoms with Gasteiger partial charge in [0.2, 0.25) is 5.91 Å². The van der Waals surface area contributed by atoms with Crippen LogP contribution in [0.5, 0.6) is 0 Å². The number of carbonyl (C=O) groups excluding carboxylic acids is 1. The molecule has 0 heterocycles. The molecule has 17 heavy (non-hydrogen) atoms. The topological polar surface area (TPSA) is 41.1 Å². The average molecular weight is 240 g/mol. The highest BCUT2D eigenvalue weighted by Gasteiger charge is 2.26. The summed E-state index contributed by atoms with van der Waals surface area (Å²) in [7, 11) is 0. The molecular weight excluding hydrogens is 212 g/mol. The van der Waals surface area contributed by atoms with Gasteiger partial charge in [-0.25, -0.2) is 0 Å². The summed E-state index contributed by atoms with van der Waals surface area (Å²) in [6.45, 7) is 7.15. The molecule has 2 atom stereocenters. The summed E-state index contributed by atoms with van der Waals surface area (Å²) in [6, 6.07) is 0.410. The van der Waals surface area contributed by atoms with Crippen molar-refractivity contribution in [3.05, 3.63) is 0 Å². The Kier molecular flexibility index (Phi) is 6.56. The van der Waals surface area contributed by atoms with Crippen LogP contribution in [0, 0.1) is 5.92 Å². The van der Waals surface area contributed by atoms with Crippen LogP contribution in [0.1, 0.15) is 59.3 Å². The maximum atomic E-state index is 11.8. The van der Waals surface area contributed by atoms with E-state index in [1.165, 1.54) is 32.1 Å². The molecule has 0 saturated heterocycles. The number of hydrogen-bond acceptors (Lipinski definition) is 2. The highest BCUT2D eigenvalue weighted by atomic mass is 16.2. The van der Waals surface area contributed by atoms with Gasteiger partial charge in [-0.05, 0) is 39.0 Å². The van der Waals surface area contributed by atoms with Crippen molar-refractivity contribution < 1.29 is 4.79 Å². The Morgan fingerprint density at radius 1 is 1.29 bits per heavy atom. The molecule has 0 aromatic carbocycles. The molecule has 3 heteroatoms. The second-order valence-electron chi connectivity index (χ2n) is 5.37. The van der Waals surface area contributed by atoms with Gasteiger partial charge in [0.15, 0.2) is 0 Å². The normalized spacial score (nSPS) is 19.5. The van der Waals surface area contributed by atoms with E-state index >= 15 is 0 Å². The zero-order valence-electron chi connectivity index (χ0n) is 11.6. The van der Waals surface area contributed by atoms with Gasteiger partial charge in [0.1, 0.15) is 0 Å². The molecule has 1 saturated carbocycles. The monoisotopic (exact) mass is 240 g/mol. The van der Waals surface area contributed by atoms with E-state index < -0.39 is 0 Å². The predicted octanol–water partition coefficient (Wildman–Crippen LogP) is 2.46. The van der Waals surface area contributed by atoms with Gasteiger partial charge in [-0.3, -0.25) is 4.79 Å². The number of hydrogen-bond donors (Lipinski definition) is 2. The van der Waals surface area contributed by atoms with E-state index in [9.17, 15) is 4.79 Å². The zero-order valence-corrected chi connectivity index (χ0v) is 11.6. The molecule has 0 aromatic heterocycles. The Hall–Kier alpha value is -0.570. The first-order chi connectivity index (χ1) is 8.15. The van der Waals surface area contributed by atoms with Crippen LogP contribution >= 0.6 is 0 Å². The lowest BCUT2D eigenvalue weighted by Crippen LogP contribution is -2.49. The molecule has 2 unspecified atom stereocenters. The fourth-order valence-corrected chi connectivity index (χ4v) is 2.29. The number of nitrogens with one attached hydrogen (secondary N) is 2. The van der Waals surface area contributed by atoms with Crippen molar-refractivity contribution in [1.82, 2.24) is 10.6 Å². The second-order valence-corrected chi connectivity index (χ2v) is 5.37. The lowest BCUT2D eigenvalue weighted by Gasteiger charge is -2.33. The maximum Gasteiger partial charge on any atom is 0.236 e. The summed E-state index contributed by atoms with van der Waals surface area (Å²) in [6.07, 6.45) is 7.47. The van der Waals surface area contributed by atoms with Gasteiger partial charge >= 0.3 is 0 Å². The Balaban J connectivity index is 2.12. The summed E-state index contributed by atoms with van der Waals surface area (Å²) in [4.78, 5) is 11.8. The van der Waals surface area contributed by atoms with Crippen molar-refractivity contribution >= 4 is 5.91 Å². The van der Waals surface area contributed by atoms with Crippen LogP contribution < -0.4 is 10.6 Å². The lowest BCUT2D eigenvalue weighted by molar-refractivity contribution is -0.123. The average Bonchev–Trinajstić information content (AvgIpc) is 2.21. The molecule has 1 rings (SSSR count). The molecule has 1 amide bonds. The van der Waals surface area contributed by atoms with Crippen molar-refractivity contribution in [2.24, 2.45) is 5.92 Å². The van der Waals surface area contributed by atoms with Crippen LogP contribution in [0.3, 0.4) is 0 Å². The van der Waals surface area contributed by atoms with Crippen LogP contribution in [0.25, 0.3) is 0 Å². The molecule has 0 radical (unpaired) electrons. The third-order valence-electron chi connectivity index (χ3n) is 3.84. The van der Waals surface area contributed by atoms with Crippen LogP contribution in [0.4, 0.5) is 0 Å². The Morgan fingerprint density at radius 3 is 2.53 bits per heavy atom. The summed E-state index contributed by atoms with van der Waals surface area (Å²) < 4.78 is 0. The predicted molar refractivity (Wildman–Crippen MR) is 71.9 cm³/mol. The molecular formula is C14H28N2O. The van der Waals surface area contributed by atoms with Crippen LogP contribution in [-0.4, -0.2) is 24.5 Å². The quantitative estimate of drug-likeness (QED) is 0.640. The van der Waals surface area contributed by atoms with Gasteiger partial charge in [0, 0.05) is 12.6 Å². The van der Waals surface area contributed by atoms with Gasteiger partial charge < -0.3 is 10.6 Å². The van der Waals surface area contributed by atoms with Gasteiger partial charge in [-0.1, -0.05) is 26.2 Å². The summed E-state index contributed by atoms with van der Waals surface area (Å²) >= 11 is 0. The van der Waals surface area contributed by atoms with E-state index in [1.807, 2.05) is 6.92 Å². The van der Waals surface area contributed by atoms with Gasteiger partial charge in [0.25, 0.3) is 0 Å². The molecule has 2 N–H and O–H groups in total.